The quantitative estimate of drug-likeness (QED) is 0.0666. The number of halogens is 7. The zero-order valence-electron chi connectivity index (χ0n) is 58.0. The summed E-state index contributed by atoms with van der Waals surface area (Å²) in [6.07, 6.45) is 5.03. The molecule has 111 heavy (non-hydrogen) atoms. The molecule has 3 amide bonds. The number of benzene rings is 9. The van der Waals surface area contributed by atoms with Crippen molar-refractivity contribution in [2.75, 3.05) is 12.4 Å². The molecule has 17 rings (SSSR count). The first kappa shape index (κ1) is 81.7. The molecule has 9 N–H and O–H groups in total. The number of primary amides is 3. The van der Waals surface area contributed by atoms with Crippen LogP contribution in [0.25, 0.3) is 87.2 Å². The molecule has 8 heterocycles. The first-order valence-electron chi connectivity index (χ1n) is 32.9. The second kappa shape index (κ2) is 39.5. The summed E-state index contributed by atoms with van der Waals surface area (Å²) in [6.45, 7) is 0. The Balaban J connectivity index is 0.000000136. The fourth-order valence-electron chi connectivity index (χ4n) is 10.5. The molecule has 9 aromatic carbocycles. The predicted molar refractivity (Wildman–Crippen MR) is 458 cm³/mol. The minimum atomic E-state index is -0.568. The Labute approximate surface area is 693 Å². The van der Waals surface area contributed by atoms with Crippen LogP contribution in [0.5, 0.6) is 5.75 Å². The Kier molecular flexibility index (Phi) is 29.1. The smallest absolute Gasteiger partial charge is 0.269 e. The van der Waals surface area contributed by atoms with E-state index >= 15 is 0 Å². The minimum Gasteiger partial charge on any atom is -0.497 e. The number of nitrogens with one attached hydrogen (secondary N) is 1. The number of nitrogens with two attached hydrogens (primary N) is 3. The molecule has 0 aliphatic rings. The van der Waals surface area contributed by atoms with Crippen molar-refractivity contribution in [2.24, 2.45) is 17.2 Å². The molecule has 548 valence electrons. The van der Waals surface area contributed by atoms with Crippen molar-refractivity contribution >= 4 is 228 Å². The van der Waals surface area contributed by atoms with E-state index < -0.39 is 17.7 Å². The van der Waals surface area contributed by atoms with Crippen LogP contribution < -0.4 is 36.7 Å². The third kappa shape index (κ3) is 22.5. The number of anilines is 2. The van der Waals surface area contributed by atoms with Gasteiger partial charge < -0.3 is 27.3 Å². The lowest BCUT2D eigenvalue weighted by Crippen LogP contribution is -2.30. The molecule has 8 aromatic heterocycles. The van der Waals surface area contributed by atoms with E-state index in [-0.39, 0.29) is 17.1 Å². The number of methoxy groups -OCH3 is 1. The number of para-hydroxylation sites is 8. The van der Waals surface area contributed by atoms with Crippen molar-refractivity contribution in [1.82, 2.24) is 29.9 Å². The van der Waals surface area contributed by atoms with Crippen molar-refractivity contribution in [2.45, 2.75) is 0 Å². The normalized spacial score (nSPS) is 10.3. The lowest BCUT2D eigenvalue weighted by molar-refractivity contribution is -0.885. The van der Waals surface area contributed by atoms with Gasteiger partial charge in [0.25, 0.3) is 28.8 Å². The average molecular weight is 1920 g/mol. The zero-order chi connectivity index (χ0) is 79.1. The van der Waals surface area contributed by atoms with Crippen LogP contribution in [0, 0.1) is 22.7 Å². The van der Waals surface area contributed by atoms with Gasteiger partial charge in [0.2, 0.25) is 12.4 Å². The number of carbonyl (C=O) groups excluding carboxylic acids is 3. The van der Waals surface area contributed by atoms with Crippen LogP contribution in [0.15, 0.2) is 317 Å². The van der Waals surface area contributed by atoms with Gasteiger partial charge in [0.05, 0.1) is 74.6 Å². The molecule has 0 saturated carbocycles. The number of nitriles is 2. The van der Waals surface area contributed by atoms with Crippen molar-refractivity contribution in [3.05, 3.63) is 345 Å². The molecule has 0 unspecified atom stereocenters. The van der Waals surface area contributed by atoms with Gasteiger partial charge in [-0.05, 0) is 233 Å². The van der Waals surface area contributed by atoms with E-state index in [2.05, 4.69) is 153 Å². The SMILES string of the molecule is Brc1cnc2ccccc2c1.COc1ccc(Nc2cc3ccccc3nc2C(N)=O)cc1.N#Cc1nc2ccccc2cc1Br.N#Cc1nc2ccccc2cc1Br.NC(=O)c1nc2ccccc2cc1Br.NC(=O)c1nc2ccccc2cc1Br.O[n+]1cc(Br)cc2ccccc21.O[n+]1cc(Br)cc2ccccc21. The number of hydrogen-bond donors (Lipinski definition) is 6. The maximum absolute atomic E-state index is 11.7. The Hall–Kier alpha value is -11.8. The van der Waals surface area contributed by atoms with E-state index in [9.17, 15) is 24.8 Å². The summed E-state index contributed by atoms with van der Waals surface area (Å²) in [5.74, 6) is -0.857. The molecule has 17 aromatic rings. The molecule has 0 saturated heterocycles. The van der Waals surface area contributed by atoms with E-state index in [1.54, 1.807) is 19.5 Å². The van der Waals surface area contributed by atoms with Crippen LogP contribution >= 0.6 is 112 Å². The first-order valence-corrected chi connectivity index (χ1v) is 38.4. The van der Waals surface area contributed by atoms with Crippen molar-refractivity contribution in [1.29, 1.82) is 10.5 Å². The van der Waals surface area contributed by atoms with Crippen LogP contribution in [-0.4, -0.2) is 65.1 Å². The van der Waals surface area contributed by atoms with Crippen LogP contribution in [0.3, 0.4) is 0 Å². The number of fused-ring (bicyclic) bond motifs is 8. The topological polar surface area (TPSA) is 324 Å². The molecule has 0 radical (unpaired) electrons. The molecule has 20 nitrogen and oxygen atoms in total. The first-order chi connectivity index (χ1) is 53.6. The fraction of sp³-hybridized carbons (Fsp3) is 0.0119. The fourth-order valence-corrected chi connectivity index (χ4v) is 13.7. The van der Waals surface area contributed by atoms with E-state index in [1.807, 2.05) is 279 Å². The van der Waals surface area contributed by atoms with E-state index in [0.717, 1.165) is 125 Å². The number of hydrogen-bond acceptors (Lipinski definition) is 15. The molecule has 0 atom stereocenters. The molecular weight excluding hydrogens is 1860 g/mol. The monoisotopic (exact) mass is 1910 g/mol. The van der Waals surface area contributed by atoms with Gasteiger partial charge in [0.15, 0.2) is 17.1 Å². The number of aromatic nitrogens is 8. The lowest BCUT2D eigenvalue weighted by atomic mass is 10.1. The van der Waals surface area contributed by atoms with E-state index in [0.29, 0.717) is 26.0 Å². The predicted octanol–water partition coefficient (Wildman–Crippen LogP) is 20.3. The third-order valence-electron chi connectivity index (χ3n) is 15.7. The summed E-state index contributed by atoms with van der Waals surface area (Å²) in [5.41, 5.74) is 25.4. The average Bonchev–Trinajstić information content (AvgIpc) is 0.461. The summed E-state index contributed by atoms with van der Waals surface area (Å²) >= 11 is 23.1. The van der Waals surface area contributed by atoms with Crippen molar-refractivity contribution in [3.8, 4) is 17.9 Å². The van der Waals surface area contributed by atoms with Crippen molar-refractivity contribution < 1.29 is 39.0 Å². The lowest BCUT2D eigenvalue weighted by Gasteiger charge is -2.11. The van der Waals surface area contributed by atoms with Gasteiger partial charge in [-0.1, -0.05) is 133 Å². The Morgan fingerprint density at radius 2 is 0.685 bits per heavy atom. The second-order valence-corrected chi connectivity index (χ2v) is 29.4. The number of pyridine rings is 8. The second-order valence-electron chi connectivity index (χ2n) is 23.3. The van der Waals surface area contributed by atoms with Crippen LogP contribution in [0.1, 0.15) is 42.9 Å². The van der Waals surface area contributed by atoms with E-state index in [4.69, 9.17) is 32.5 Å². The van der Waals surface area contributed by atoms with Gasteiger partial charge in [-0.2, -0.15) is 10.5 Å². The summed E-state index contributed by atoms with van der Waals surface area (Å²) in [5, 5.41) is 47.7. The summed E-state index contributed by atoms with van der Waals surface area (Å²) < 4.78 is 12.8. The summed E-state index contributed by atoms with van der Waals surface area (Å²) in [6, 6.07) is 88.2. The Bertz CT molecular complexity index is 6100. The number of nitrogens with zero attached hydrogens (tertiary/aromatic N) is 10. The maximum atomic E-state index is 11.7. The summed E-state index contributed by atoms with van der Waals surface area (Å²) in [7, 11) is 1.61. The van der Waals surface area contributed by atoms with Gasteiger partial charge in [-0.25, -0.2) is 24.9 Å². The molecule has 0 bridgehead atoms. The maximum Gasteiger partial charge on any atom is 0.269 e. The van der Waals surface area contributed by atoms with Crippen LogP contribution in [0.4, 0.5) is 11.4 Å². The third-order valence-corrected chi connectivity index (χ3v) is 19.4. The highest BCUT2D eigenvalue weighted by Crippen LogP contribution is 2.29. The summed E-state index contributed by atoms with van der Waals surface area (Å²) in [4.78, 5) is 58.9. The van der Waals surface area contributed by atoms with Gasteiger partial charge in [0, 0.05) is 79.2 Å². The Morgan fingerprint density at radius 3 is 1.05 bits per heavy atom. The standard InChI is InChI=1S/C17H15N3O2.2C10H7BrN2O.2C10H5BrN2.2C9H7BrNO.C9H6BrN/c1-22-13-8-6-12(7-9-13)19-15-10-11-4-2-3-5-14(11)20-16(15)17(18)21;2*11-7-5-6-3-1-2-4-8(6)13-9(7)10(12)14;2*11-8-5-7-3-1-2-4-9(7)13-10(8)6-12;2*10-8-5-7-3-1-2-4-9(7)11(12)6-8;10-8-5-7-3-1-2-4-9(7)11-6-8/h2-10,19H,1H3,(H2,18,21);2*1-5H,(H2,12,14);2*1-5H;2*1-6,12H;1-6H/q;;;;;2*+1;. The highest BCUT2D eigenvalue weighted by atomic mass is 79.9. The van der Waals surface area contributed by atoms with Crippen molar-refractivity contribution in [3.63, 3.8) is 0 Å². The molecule has 0 spiro atoms. The minimum absolute atomic E-state index is 0.217. The largest absolute Gasteiger partial charge is 0.497 e. The molecule has 0 fully saturated rings. The van der Waals surface area contributed by atoms with Crippen LogP contribution in [-0.2, 0) is 0 Å². The number of carbonyl (C=O) groups is 3. The molecular formula is C84H59Br7N14O6+2. The number of amides is 3. The number of ether oxygens (including phenoxy) is 1. The van der Waals surface area contributed by atoms with Gasteiger partial charge in [0.1, 0.15) is 29.3 Å². The van der Waals surface area contributed by atoms with Crippen LogP contribution in [0.2, 0.25) is 0 Å². The van der Waals surface area contributed by atoms with E-state index in [1.165, 1.54) is 5.39 Å². The molecule has 0 aliphatic carbocycles. The highest BCUT2D eigenvalue weighted by molar-refractivity contribution is 9.11. The number of rotatable bonds is 6. The van der Waals surface area contributed by atoms with Gasteiger partial charge in [-0.15, -0.1) is 0 Å². The zero-order valence-corrected chi connectivity index (χ0v) is 69.1. The van der Waals surface area contributed by atoms with Gasteiger partial charge in [-0.3, -0.25) is 29.8 Å². The molecule has 0 aliphatic heterocycles. The Morgan fingerprint density at radius 1 is 0.378 bits per heavy atom. The molecule has 27 heteroatoms. The highest BCUT2D eigenvalue weighted by Gasteiger charge is 2.15. The van der Waals surface area contributed by atoms with Gasteiger partial charge >= 0.3 is 0 Å².